The normalized spacial score (nSPS) is 11.0. The number of carbonyl (C=O) groups is 1. The van der Waals surface area contributed by atoms with Gasteiger partial charge in [-0.05, 0) is 42.6 Å². The van der Waals surface area contributed by atoms with Crippen molar-refractivity contribution in [2.75, 3.05) is 5.32 Å². The predicted octanol–water partition coefficient (Wildman–Crippen LogP) is 2.81. The zero-order valence-electron chi connectivity index (χ0n) is 15.0. The molecule has 8 heteroatoms. The smallest absolute Gasteiger partial charge is 0.332 e. The van der Waals surface area contributed by atoms with Crippen molar-refractivity contribution in [2.45, 2.75) is 20.0 Å². The van der Waals surface area contributed by atoms with Gasteiger partial charge in [0.25, 0.3) is 5.56 Å². The fourth-order valence-corrected chi connectivity index (χ4v) is 3.81. The molecule has 0 saturated heterocycles. The van der Waals surface area contributed by atoms with Crippen LogP contribution < -0.4 is 16.6 Å². The zero-order chi connectivity index (χ0) is 19.7. The lowest BCUT2D eigenvalue weighted by Crippen LogP contribution is -2.41. The number of hydrogen-bond acceptors (Lipinski definition) is 5. The van der Waals surface area contributed by atoms with Gasteiger partial charge in [0.05, 0.1) is 18.3 Å². The van der Waals surface area contributed by atoms with Crippen LogP contribution >= 0.6 is 11.3 Å². The van der Waals surface area contributed by atoms with E-state index in [1.54, 1.807) is 35.7 Å². The fraction of sp³-hybridized carbons (Fsp3) is 0.150. The first-order valence-corrected chi connectivity index (χ1v) is 9.50. The number of nitrogens with zero attached hydrogens (tertiary/aromatic N) is 2. The molecule has 0 bridgehead atoms. The number of hydrogen-bond donors (Lipinski definition) is 1. The first kappa shape index (κ1) is 18.0. The molecular weight excluding hydrogens is 378 g/mol. The molecular formula is C20H17N3O4S. The number of furan rings is 1. The molecule has 3 heterocycles. The van der Waals surface area contributed by atoms with Gasteiger partial charge in [0.1, 0.15) is 17.0 Å². The van der Waals surface area contributed by atoms with Crippen LogP contribution in [-0.4, -0.2) is 15.0 Å². The molecule has 0 radical (unpaired) electrons. The van der Waals surface area contributed by atoms with Gasteiger partial charge in [0, 0.05) is 5.69 Å². The second-order valence-electron chi connectivity index (χ2n) is 6.39. The summed E-state index contributed by atoms with van der Waals surface area (Å²) in [4.78, 5) is 38.2. The first-order chi connectivity index (χ1) is 13.5. The highest BCUT2D eigenvalue weighted by Crippen LogP contribution is 2.16. The molecule has 0 aliphatic carbocycles. The molecule has 0 aliphatic rings. The van der Waals surface area contributed by atoms with Crippen molar-refractivity contribution in [1.29, 1.82) is 0 Å². The van der Waals surface area contributed by atoms with Crippen LogP contribution in [0.4, 0.5) is 5.69 Å². The zero-order valence-corrected chi connectivity index (χ0v) is 15.9. The van der Waals surface area contributed by atoms with E-state index in [9.17, 15) is 14.4 Å². The van der Waals surface area contributed by atoms with Gasteiger partial charge < -0.3 is 9.73 Å². The highest BCUT2D eigenvalue weighted by molar-refractivity contribution is 7.17. The monoisotopic (exact) mass is 395 g/mol. The topological polar surface area (TPSA) is 86.2 Å². The Balaban J connectivity index is 1.70. The number of amides is 1. The number of aromatic nitrogens is 2. The van der Waals surface area contributed by atoms with Gasteiger partial charge in [0.15, 0.2) is 0 Å². The van der Waals surface area contributed by atoms with Gasteiger partial charge in [-0.25, -0.2) is 4.79 Å². The van der Waals surface area contributed by atoms with Crippen molar-refractivity contribution in [1.82, 2.24) is 9.13 Å². The summed E-state index contributed by atoms with van der Waals surface area (Å²) in [6.07, 6.45) is 1.48. The maximum absolute atomic E-state index is 13.0. The SMILES string of the molecule is Cc1ccc(NC(=O)Cn2c(=O)n(Cc3ccco3)c(=O)c3sccc32)cc1. The van der Waals surface area contributed by atoms with E-state index < -0.39 is 5.69 Å². The van der Waals surface area contributed by atoms with E-state index in [-0.39, 0.29) is 24.6 Å². The summed E-state index contributed by atoms with van der Waals surface area (Å²) in [5.41, 5.74) is 1.25. The fourth-order valence-electron chi connectivity index (χ4n) is 2.96. The number of nitrogens with one attached hydrogen (secondary N) is 1. The van der Waals surface area contributed by atoms with Crippen LogP contribution in [-0.2, 0) is 17.9 Å². The van der Waals surface area contributed by atoms with Gasteiger partial charge in [-0.1, -0.05) is 17.7 Å². The van der Waals surface area contributed by atoms with E-state index in [0.717, 1.165) is 10.1 Å². The number of anilines is 1. The number of aryl methyl sites for hydroxylation is 1. The van der Waals surface area contributed by atoms with Crippen molar-refractivity contribution in [3.63, 3.8) is 0 Å². The lowest BCUT2D eigenvalue weighted by molar-refractivity contribution is -0.116. The predicted molar refractivity (Wildman–Crippen MR) is 108 cm³/mol. The Labute approximate surface area is 163 Å². The van der Waals surface area contributed by atoms with Gasteiger partial charge >= 0.3 is 5.69 Å². The van der Waals surface area contributed by atoms with Crippen molar-refractivity contribution in [3.8, 4) is 0 Å². The third-order valence-electron chi connectivity index (χ3n) is 4.37. The highest BCUT2D eigenvalue weighted by atomic mass is 32.1. The molecule has 3 aromatic heterocycles. The third-order valence-corrected chi connectivity index (χ3v) is 5.26. The second-order valence-corrected chi connectivity index (χ2v) is 7.30. The van der Waals surface area contributed by atoms with Gasteiger partial charge in [-0.15, -0.1) is 11.3 Å². The number of carbonyl (C=O) groups excluding carboxylic acids is 1. The summed E-state index contributed by atoms with van der Waals surface area (Å²) in [6.45, 7) is 1.77. The minimum Gasteiger partial charge on any atom is -0.467 e. The Morgan fingerprint density at radius 1 is 1.11 bits per heavy atom. The standard InChI is InChI=1S/C20H17N3O4S/c1-13-4-6-14(7-5-13)21-17(24)12-22-16-8-10-28-18(16)19(25)23(20(22)26)11-15-3-2-9-27-15/h2-10H,11-12H2,1H3,(H,21,24). The summed E-state index contributed by atoms with van der Waals surface area (Å²) in [5, 5.41) is 4.51. The van der Waals surface area contributed by atoms with Gasteiger partial charge in [0.2, 0.25) is 5.91 Å². The van der Waals surface area contributed by atoms with Crippen LogP contribution in [0.1, 0.15) is 11.3 Å². The second kappa shape index (κ2) is 7.32. The Bertz CT molecular complexity index is 1250. The van der Waals surface area contributed by atoms with E-state index in [4.69, 9.17) is 4.42 Å². The van der Waals surface area contributed by atoms with Gasteiger partial charge in [-0.3, -0.25) is 18.7 Å². The molecule has 1 N–H and O–H groups in total. The summed E-state index contributed by atoms with van der Waals surface area (Å²) in [6, 6.07) is 12.4. The Kier molecular flexibility index (Phi) is 4.70. The van der Waals surface area contributed by atoms with Crippen LogP contribution in [0.2, 0.25) is 0 Å². The molecule has 28 heavy (non-hydrogen) atoms. The van der Waals surface area contributed by atoms with E-state index in [2.05, 4.69) is 5.32 Å². The summed E-state index contributed by atoms with van der Waals surface area (Å²) < 4.78 is 8.11. The number of thiophene rings is 1. The van der Waals surface area contributed by atoms with Crippen LogP contribution in [0.3, 0.4) is 0 Å². The molecule has 0 unspecified atom stereocenters. The molecule has 0 fully saturated rings. The Hall–Kier alpha value is -3.39. The molecule has 0 atom stereocenters. The molecule has 1 amide bonds. The van der Waals surface area contributed by atoms with Crippen LogP contribution in [0.25, 0.3) is 10.2 Å². The molecule has 4 rings (SSSR count). The molecule has 142 valence electrons. The molecule has 0 saturated carbocycles. The maximum Gasteiger partial charge on any atom is 0.332 e. The summed E-state index contributed by atoms with van der Waals surface area (Å²) >= 11 is 1.24. The van der Waals surface area contributed by atoms with E-state index in [1.165, 1.54) is 22.2 Å². The highest BCUT2D eigenvalue weighted by Gasteiger charge is 2.17. The maximum atomic E-state index is 13.0. The minimum atomic E-state index is -0.550. The Morgan fingerprint density at radius 2 is 1.89 bits per heavy atom. The molecule has 1 aromatic carbocycles. The van der Waals surface area contributed by atoms with Crippen molar-refractivity contribution < 1.29 is 9.21 Å². The molecule has 4 aromatic rings. The van der Waals surface area contributed by atoms with E-state index in [1.807, 2.05) is 19.1 Å². The average molecular weight is 395 g/mol. The van der Waals surface area contributed by atoms with E-state index >= 15 is 0 Å². The first-order valence-electron chi connectivity index (χ1n) is 8.62. The minimum absolute atomic E-state index is 0.0120. The lowest BCUT2D eigenvalue weighted by atomic mass is 10.2. The quantitative estimate of drug-likeness (QED) is 0.563. The molecule has 7 nitrogen and oxygen atoms in total. The van der Waals surface area contributed by atoms with Crippen LogP contribution in [0, 0.1) is 6.92 Å². The molecule has 0 spiro atoms. The van der Waals surface area contributed by atoms with Crippen LogP contribution in [0.15, 0.2) is 68.1 Å². The number of fused-ring (bicyclic) bond motifs is 1. The average Bonchev–Trinajstić information content (AvgIpc) is 3.36. The van der Waals surface area contributed by atoms with E-state index in [0.29, 0.717) is 21.7 Å². The summed E-state index contributed by atoms with van der Waals surface area (Å²) in [7, 11) is 0. The lowest BCUT2D eigenvalue weighted by Gasteiger charge is -2.12. The number of benzene rings is 1. The largest absolute Gasteiger partial charge is 0.467 e. The summed E-state index contributed by atoms with van der Waals surface area (Å²) in [5.74, 6) is 0.146. The van der Waals surface area contributed by atoms with Crippen molar-refractivity contribution in [2.24, 2.45) is 0 Å². The van der Waals surface area contributed by atoms with Crippen molar-refractivity contribution in [3.05, 3.63) is 86.3 Å². The third kappa shape index (κ3) is 3.41. The van der Waals surface area contributed by atoms with Gasteiger partial charge in [-0.2, -0.15) is 0 Å². The molecule has 0 aliphatic heterocycles. The number of rotatable bonds is 5. The van der Waals surface area contributed by atoms with Crippen molar-refractivity contribution >= 4 is 33.1 Å². The van der Waals surface area contributed by atoms with Crippen LogP contribution in [0.5, 0.6) is 0 Å². The Morgan fingerprint density at radius 3 is 2.61 bits per heavy atom.